The van der Waals surface area contributed by atoms with Crippen molar-refractivity contribution < 1.29 is 9.53 Å². The summed E-state index contributed by atoms with van der Waals surface area (Å²) in [5.41, 5.74) is 3.30. The van der Waals surface area contributed by atoms with E-state index in [4.69, 9.17) is 16.3 Å². The highest BCUT2D eigenvalue weighted by atomic mass is 35.5. The summed E-state index contributed by atoms with van der Waals surface area (Å²) in [6, 6.07) is 13.4. The third kappa shape index (κ3) is 6.02. The summed E-state index contributed by atoms with van der Waals surface area (Å²) < 4.78 is 8.16. The molecule has 8 heteroatoms. The van der Waals surface area contributed by atoms with Crippen LogP contribution in [0.3, 0.4) is 0 Å². The van der Waals surface area contributed by atoms with Gasteiger partial charge in [0, 0.05) is 18.1 Å². The van der Waals surface area contributed by atoms with Crippen LogP contribution < -0.4 is 10.1 Å². The molecule has 0 saturated carbocycles. The Morgan fingerprint density at radius 2 is 1.94 bits per heavy atom. The van der Waals surface area contributed by atoms with Crippen molar-refractivity contribution in [2.45, 2.75) is 52.0 Å². The molecule has 1 atom stereocenters. The number of ether oxygens (including phenoxy) is 1. The van der Waals surface area contributed by atoms with Gasteiger partial charge in [-0.25, -0.2) is 0 Å². The van der Waals surface area contributed by atoms with Gasteiger partial charge in [0.15, 0.2) is 17.1 Å². The van der Waals surface area contributed by atoms with E-state index >= 15 is 0 Å². The van der Waals surface area contributed by atoms with Gasteiger partial charge in [0.1, 0.15) is 5.75 Å². The van der Waals surface area contributed by atoms with E-state index in [1.807, 2.05) is 61.7 Å². The minimum Gasteiger partial charge on any atom is -0.482 e. The summed E-state index contributed by atoms with van der Waals surface area (Å²) in [4.78, 5) is 12.3. The number of rotatable bonds is 9. The second-order valence-corrected chi connectivity index (χ2v) is 8.61. The van der Waals surface area contributed by atoms with Crippen LogP contribution in [0.2, 0.25) is 5.02 Å². The van der Waals surface area contributed by atoms with E-state index in [1.54, 1.807) is 0 Å². The summed E-state index contributed by atoms with van der Waals surface area (Å²) in [5.74, 6) is 1.78. The van der Waals surface area contributed by atoms with Gasteiger partial charge in [0.2, 0.25) is 5.91 Å². The fourth-order valence-electron chi connectivity index (χ4n) is 3.08. The van der Waals surface area contributed by atoms with E-state index in [1.165, 1.54) is 17.3 Å². The second kappa shape index (κ2) is 10.7. The molecule has 1 aromatic heterocycles. The molecule has 31 heavy (non-hydrogen) atoms. The average Bonchev–Trinajstić information content (AvgIpc) is 3.18. The lowest BCUT2D eigenvalue weighted by atomic mass is 10.1. The average molecular weight is 459 g/mol. The number of nitrogens with zero attached hydrogens (tertiary/aromatic N) is 3. The quantitative estimate of drug-likeness (QED) is 0.451. The Balaban J connectivity index is 1.59. The lowest BCUT2D eigenvalue weighted by molar-refractivity contribution is -0.118. The number of carbonyl (C=O) groups is 1. The van der Waals surface area contributed by atoms with Crippen LogP contribution in [0, 0.1) is 13.8 Å². The molecule has 1 unspecified atom stereocenters. The highest BCUT2D eigenvalue weighted by Gasteiger charge is 2.20. The normalized spacial score (nSPS) is 11.9. The number of aryl methyl sites for hydroxylation is 1. The summed E-state index contributed by atoms with van der Waals surface area (Å²) in [6.07, 6.45) is -0.263. The maximum Gasteiger partial charge on any atom is 0.230 e. The molecule has 164 valence electrons. The molecule has 1 amide bonds. The fourth-order valence-corrected chi connectivity index (χ4v) is 4.05. The number of hydrogen-bond donors (Lipinski definition) is 1. The first-order valence-corrected chi connectivity index (χ1v) is 11.5. The smallest absolute Gasteiger partial charge is 0.230 e. The number of carbonyl (C=O) groups excluding carboxylic acids is 1. The van der Waals surface area contributed by atoms with Crippen LogP contribution in [-0.2, 0) is 17.9 Å². The number of thioether (sulfide) groups is 1. The van der Waals surface area contributed by atoms with Crippen LogP contribution in [0.4, 0.5) is 0 Å². The van der Waals surface area contributed by atoms with Crippen LogP contribution in [0.25, 0.3) is 0 Å². The Kier molecular flexibility index (Phi) is 7.98. The molecule has 0 fully saturated rings. The largest absolute Gasteiger partial charge is 0.482 e. The maximum atomic E-state index is 12.3. The van der Waals surface area contributed by atoms with E-state index in [2.05, 4.69) is 28.5 Å². The van der Waals surface area contributed by atoms with Gasteiger partial charge < -0.3 is 14.6 Å². The molecular weight excluding hydrogens is 432 g/mol. The zero-order valence-corrected chi connectivity index (χ0v) is 19.8. The van der Waals surface area contributed by atoms with Crippen LogP contribution in [-0.4, -0.2) is 26.4 Å². The van der Waals surface area contributed by atoms with Crippen LogP contribution >= 0.6 is 23.4 Å². The van der Waals surface area contributed by atoms with E-state index in [-0.39, 0.29) is 17.8 Å². The van der Waals surface area contributed by atoms with Crippen LogP contribution in [0.5, 0.6) is 5.75 Å². The van der Waals surface area contributed by atoms with Gasteiger partial charge in [-0.3, -0.25) is 4.79 Å². The molecule has 0 saturated heterocycles. The molecule has 0 aliphatic carbocycles. The summed E-state index contributed by atoms with van der Waals surface area (Å²) >= 11 is 7.26. The number of nitrogens with one attached hydrogen (secondary N) is 1. The first-order valence-electron chi connectivity index (χ1n) is 10.2. The van der Waals surface area contributed by atoms with Gasteiger partial charge in [-0.2, -0.15) is 0 Å². The number of amides is 1. The van der Waals surface area contributed by atoms with E-state index in [9.17, 15) is 4.79 Å². The zero-order valence-electron chi connectivity index (χ0n) is 18.2. The summed E-state index contributed by atoms with van der Waals surface area (Å²) in [7, 11) is 0. The van der Waals surface area contributed by atoms with Crippen molar-refractivity contribution in [3.63, 3.8) is 0 Å². The van der Waals surface area contributed by atoms with Crippen molar-refractivity contribution >= 4 is 29.3 Å². The zero-order chi connectivity index (χ0) is 22.4. The first kappa shape index (κ1) is 23.2. The van der Waals surface area contributed by atoms with Crippen LogP contribution in [0.15, 0.2) is 47.6 Å². The lowest BCUT2D eigenvalue weighted by Gasteiger charge is -2.17. The predicted octanol–water partition coefficient (Wildman–Crippen LogP) is 5.12. The third-order valence-corrected chi connectivity index (χ3v) is 6.24. The molecule has 1 N–H and O–H groups in total. The van der Waals surface area contributed by atoms with Crippen molar-refractivity contribution in [2.75, 3.05) is 5.75 Å². The molecular formula is C23H27ClN4O2S. The van der Waals surface area contributed by atoms with E-state index in [0.29, 0.717) is 23.3 Å². The monoisotopic (exact) mass is 458 g/mol. The molecule has 0 aliphatic heterocycles. The van der Waals surface area contributed by atoms with Gasteiger partial charge in [-0.15, -0.1) is 10.2 Å². The Bertz CT molecular complexity index is 1040. The number of benzene rings is 2. The third-order valence-electron chi connectivity index (χ3n) is 5.02. The number of halogens is 1. The van der Waals surface area contributed by atoms with Gasteiger partial charge in [-0.05, 0) is 62.6 Å². The van der Waals surface area contributed by atoms with Crippen molar-refractivity contribution in [3.8, 4) is 5.75 Å². The Labute approximate surface area is 192 Å². The Morgan fingerprint density at radius 1 is 1.19 bits per heavy atom. The van der Waals surface area contributed by atoms with E-state index < -0.39 is 0 Å². The topological polar surface area (TPSA) is 69.0 Å². The molecule has 2 aromatic carbocycles. The van der Waals surface area contributed by atoms with Crippen LogP contribution in [0.1, 0.15) is 42.5 Å². The van der Waals surface area contributed by atoms with Gasteiger partial charge >= 0.3 is 0 Å². The Hall–Kier alpha value is -2.51. The Morgan fingerprint density at radius 3 is 2.65 bits per heavy atom. The molecule has 1 heterocycles. The fraction of sp³-hybridized carbons (Fsp3) is 0.348. The van der Waals surface area contributed by atoms with Gasteiger partial charge in [0.05, 0.1) is 5.75 Å². The van der Waals surface area contributed by atoms with Crippen molar-refractivity contribution in [3.05, 3.63) is 70.0 Å². The molecule has 0 aliphatic rings. The van der Waals surface area contributed by atoms with Gasteiger partial charge in [-0.1, -0.05) is 47.6 Å². The molecule has 0 bridgehead atoms. The van der Waals surface area contributed by atoms with Crippen molar-refractivity contribution in [1.29, 1.82) is 0 Å². The lowest BCUT2D eigenvalue weighted by Crippen LogP contribution is -2.24. The highest BCUT2D eigenvalue weighted by Crippen LogP contribution is 2.28. The second-order valence-electron chi connectivity index (χ2n) is 7.24. The highest BCUT2D eigenvalue weighted by molar-refractivity contribution is 7.99. The number of aromatic nitrogens is 3. The minimum absolute atomic E-state index is 0.0631. The van der Waals surface area contributed by atoms with Crippen molar-refractivity contribution in [2.24, 2.45) is 0 Å². The maximum absolute atomic E-state index is 12.3. The number of hydrogen-bond acceptors (Lipinski definition) is 5. The first-order chi connectivity index (χ1) is 14.9. The molecule has 3 aromatic rings. The molecule has 6 nitrogen and oxygen atoms in total. The molecule has 0 radical (unpaired) electrons. The summed E-state index contributed by atoms with van der Waals surface area (Å²) in [6.45, 7) is 9.26. The van der Waals surface area contributed by atoms with Gasteiger partial charge in [0.25, 0.3) is 0 Å². The minimum atomic E-state index is -0.263. The SMILES string of the molecule is CCn1c(SCC(=O)NCc2ccc(Cl)cc2)nnc1C(C)Oc1cccc(C)c1C. The standard InChI is InChI=1S/C23H27ClN4O2S/c1-5-28-22(17(4)30-20-8-6-7-15(2)16(20)3)26-27-23(28)31-14-21(29)25-13-18-9-11-19(24)12-10-18/h6-12,17H,5,13-14H2,1-4H3,(H,25,29). The van der Waals surface area contributed by atoms with Crippen molar-refractivity contribution in [1.82, 2.24) is 20.1 Å². The predicted molar refractivity (Wildman–Crippen MR) is 125 cm³/mol. The molecule has 0 spiro atoms. The summed E-state index contributed by atoms with van der Waals surface area (Å²) in [5, 5.41) is 12.9. The van der Waals surface area contributed by atoms with E-state index in [0.717, 1.165) is 22.7 Å². The molecule has 3 rings (SSSR count).